The maximum absolute atomic E-state index is 11.8. The zero-order valence-corrected chi connectivity index (χ0v) is 14.1. The van der Waals surface area contributed by atoms with Crippen molar-refractivity contribution in [3.63, 3.8) is 0 Å². The second-order valence-corrected chi connectivity index (χ2v) is 5.39. The van der Waals surface area contributed by atoms with Gasteiger partial charge in [0.05, 0.1) is 12.8 Å². The van der Waals surface area contributed by atoms with Crippen LogP contribution < -0.4 is 16.0 Å². The highest BCUT2D eigenvalue weighted by molar-refractivity contribution is 5.94. The van der Waals surface area contributed by atoms with Crippen LogP contribution in [0.5, 0.6) is 0 Å². The Morgan fingerprint density at radius 2 is 1.92 bits per heavy atom. The van der Waals surface area contributed by atoms with E-state index >= 15 is 0 Å². The Labute approximate surface area is 151 Å². The van der Waals surface area contributed by atoms with Gasteiger partial charge in [-0.05, 0) is 36.8 Å². The summed E-state index contributed by atoms with van der Waals surface area (Å²) in [5, 5.41) is 7.82. The standard InChI is InChI=1S/C19H19N3O4/c1-2-14-6-3-7-15(12-14)22-18(24)13-21-17(23)9-4-10-20-19(25)16-8-5-11-26-16/h1,3,5-8,11-12H,4,9-10,13H2,(H,20,25)(H,21,23)(H,22,24). The topological polar surface area (TPSA) is 100 Å². The molecule has 0 unspecified atom stereocenters. The van der Waals surface area contributed by atoms with E-state index < -0.39 is 0 Å². The molecular weight excluding hydrogens is 334 g/mol. The molecule has 0 aliphatic carbocycles. The zero-order chi connectivity index (χ0) is 18.8. The number of carbonyl (C=O) groups excluding carboxylic acids is 3. The molecule has 0 atom stereocenters. The highest BCUT2D eigenvalue weighted by Crippen LogP contribution is 2.09. The lowest BCUT2D eigenvalue weighted by molar-refractivity contribution is -0.124. The minimum atomic E-state index is -0.348. The van der Waals surface area contributed by atoms with Gasteiger partial charge in [-0.2, -0.15) is 0 Å². The fraction of sp³-hybridized carbons (Fsp3) is 0.211. The SMILES string of the molecule is C#Cc1cccc(NC(=O)CNC(=O)CCCNC(=O)c2ccco2)c1. The molecule has 26 heavy (non-hydrogen) atoms. The Kier molecular flexibility index (Phi) is 7.01. The number of rotatable bonds is 8. The summed E-state index contributed by atoms with van der Waals surface area (Å²) in [4.78, 5) is 35.2. The van der Waals surface area contributed by atoms with Gasteiger partial charge in [0, 0.05) is 24.2 Å². The van der Waals surface area contributed by atoms with Gasteiger partial charge >= 0.3 is 0 Å². The van der Waals surface area contributed by atoms with E-state index in [1.165, 1.54) is 6.26 Å². The minimum Gasteiger partial charge on any atom is -0.459 e. The lowest BCUT2D eigenvalue weighted by Gasteiger charge is -2.07. The molecule has 2 rings (SSSR count). The van der Waals surface area contributed by atoms with Crippen LogP contribution in [0.1, 0.15) is 29.0 Å². The van der Waals surface area contributed by atoms with Crippen molar-refractivity contribution in [2.45, 2.75) is 12.8 Å². The highest BCUT2D eigenvalue weighted by Gasteiger charge is 2.09. The Morgan fingerprint density at radius 1 is 1.08 bits per heavy atom. The smallest absolute Gasteiger partial charge is 0.286 e. The maximum Gasteiger partial charge on any atom is 0.286 e. The van der Waals surface area contributed by atoms with Crippen molar-refractivity contribution in [2.24, 2.45) is 0 Å². The molecular formula is C19H19N3O4. The maximum atomic E-state index is 11.8. The Bertz CT molecular complexity index is 806. The van der Waals surface area contributed by atoms with Gasteiger partial charge in [-0.15, -0.1) is 6.42 Å². The van der Waals surface area contributed by atoms with Gasteiger partial charge in [0.1, 0.15) is 0 Å². The quantitative estimate of drug-likeness (QED) is 0.495. The summed E-state index contributed by atoms with van der Waals surface area (Å²) in [5.74, 6) is 1.75. The normalized spacial score (nSPS) is 9.81. The van der Waals surface area contributed by atoms with Crippen LogP contribution in [-0.4, -0.2) is 30.8 Å². The van der Waals surface area contributed by atoms with Crippen molar-refractivity contribution in [1.82, 2.24) is 10.6 Å². The molecule has 0 spiro atoms. The van der Waals surface area contributed by atoms with Crippen molar-refractivity contribution in [2.75, 3.05) is 18.4 Å². The van der Waals surface area contributed by atoms with Crippen LogP contribution >= 0.6 is 0 Å². The molecule has 0 fully saturated rings. The van der Waals surface area contributed by atoms with Crippen molar-refractivity contribution in [3.05, 3.63) is 54.0 Å². The molecule has 134 valence electrons. The lowest BCUT2D eigenvalue weighted by Crippen LogP contribution is -2.33. The van der Waals surface area contributed by atoms with E-state index in [2.05, 4.69) is 21.9 Å². The number of carbonyl (C=O) groups is 3. The fourth-order valence-electron chi connectivity index (χ4n) is 2.10. The van der Waals surface area contributed by atoms with Crippen LogP contribution in [0.4, 0.5) is 5.69 Å². The summed E-state index contributed by atoms with van der Waals surface area (Å²) in [6.45, 7) is 0.190. The lowest BCUT2D eigenvalue weighted by atomic mass is 10.2. The van der Waals surface area contributed by atoms with Crippen LogP contribution in [-0.2, 0) is 9.59 Å². The third-order valence-corrected chi connectivity index (χ3v) is 3.37. The zero-order valence-electron chi connectivity index (χ0n) is 14.1. The molecule has 7 heteroatoms. The predicted molar refractivity (Wildman–Crippen MR) is 96.3 cm³/mol. The average Bonchev–Trinajstić information content (AvgIpc) is 3.18. The van der Waals surface area contributed by atoms with Crippen LogP contribution in [0.15, 0.2) is 47.1 Å². The van der Waals surface area contributed by atoms with E-state index in [1.807, 2.05) is 0 Å². The molecule has 0 saturated carbocycles. The Balaban J connectivity index is 1.61. The van der Waals surface area contributed by atoms with Crippen LogP contribution in [0.3, 0.4) is 0 Å². The van der Waals surface area contributed by atoms with Crippen LogP contribution in [0.25, 0.3) is 0 Å². The van der Waals surface area contributed by atoms with E-state index in [-0.39, 0.29) is 36.4 Å². The molecule has 1 aromatic carbocycles. The van der Waals surface area contributed by atoms with Crippen LogP contribution in [0, 0.1) is 12.3 Å². The summed E-state index contributed by atoms with van der Waals surface area (Å²) in [6, 6.07) is 10.0. The van der Waals surface area contributed by atoms with Gasteiger partial charge in [-0.1, -0.05) is 12.0 Å². The molecule has 1 aromatic heterocycles. The van der Waals surface area contributed by atoms with Gasteiger partial charge in [0.2, 0.25) is 11.8 Å². The number of hydrogen-bond acceptors (Lipinski definition) is 4. The van der Waals surface area contributed by atoms with E-state index in [0.717, 1.165) is 0 Å². The highest BCUT2D eigenvalue weighted by atomic mass is 16.3. The number of hydrogen-bond donors (Lipinski definition) is 3. The van der Waals surface area contributed by atoms with Gasteiger partial charge in [-0.25, -0.2) is 0 Å². The molecule has 1 heterocycles. The van der Waals surface area contributed by atoms with Gasteiger partial charge in [0.25, 0.3) is 5.91 Å². The summed E-state index contributed by atoms with van der Waals surface area (Å²) >= 11 is 0. The number of terminal acetylenes is 1. The summed E-state index contributed by atoms with van der Waals surface area (Å²) in [6.07, 6.45) is 7.36. The van der Waals surface area contributed by atoms with Crippen LogP contribution in [0.2, 0.25) is 0 Å². The first-order valence-corrected chi connectivity index (χ1v) is 8.03. The minimum absolute atomic E-state index is 0.141. The number of benzene rings is 1. The van der Waals surface area contributed by atoms with Gasteiger partial charge in [0.15, 0.2) is 5.76 Å². The van der Waals surface area contributed by atoms with Crippen molar-refractivity contribution in [1.29, 1.82) is 0 Å². The predicted octanol–water partition coefficient (Wildman–Crippen LogP) is 1.53. The molecule has 3 amide bonds. The fourth-order valence-corrected chi connectivity index (χ4v) is 2.10. The van der Waals surface area contributed by atoms with E-state index in [1.54, 1.807) is 36.4 Å². The number of nitrogens with one attached hydrogen (secondary N) is 3. The molecule has 7 nitrogen and oxygen atoms in total. The number of amides is 3. The Morgan fingerprint density at radius 3 is 2.65 bits per heavy atom. The largest absolute Gasteiger partial charge is 0.459 e. The van der Waals surface area contributed by atoms with Crippen molar-refractivity contribution >= 4 is 23.4 Å². The first-order valence-electron chi connectivity index (χ1n) is 8.03. The van der Waals surface area contributed by atoms with Gasteiger partial charge < -0.3 is 20.4 Å². The summed E-state index contributed by atoms with van der Waals surface area (Å²) in [7, 11) is 0. The van der Waals surface area contributed by atoms with Crippen molar-refractivity contribution in [3.8, 4) is 12.3 Å². The third kappa shape index (κ3) is 6.17. The van der Waals surface area contributed by atoms with Crippen molar-refractivity contribution < 1.29 is 18.8 Å². The summed E-state index contributed by atoms with van der Waals surface area (Å²) < 4.78 is 4.96. The molecule has 0 saturated heterocycles. The second kappa shape index (κ2) is 9.69. The molecule has 0 aliphatic heterocycles. The number of furan rings is 1. The summed E-state index contributed by atoms with van der Waals surface area (Å²) in [5.41, 5.74) is 1.23. The monoisotopic (exact) mass is 353 g/mol. The third-order valence-electron chi connectivity index (χ3n) is 3.37. The van der Waals surface area contributed by atoms with E-state index in [0.29, 0.717) is 24.2 Å². The molecule has 0 aliphatic rings. The number of anilines is 1. The first-order chi connectivity index (χ1) is 12.6. The first kappa shape index (κ1) is 18.8. The molecule has 0 radical (unpaired) electrons. The Hall–Kier alpha value is -3.53. The van der Waals surface area contributed by atoms with E-state index in [4.69, 9.17) is 10.8 Å². The average molecular weight is 353 g/mol. The second-order valence-electron chi connectivity index (χ2n) is 5.39. The van der Waals surface area contributed by atoms with Gasteiger partial charge in [-0.3, -0.25) is 14.4 Å². The molecule has 3 N–H and O–H groups in total. The molecule has 2 aromatic rings. The molecule has 0 bridgehead atoms. The van der Waals surface area contributed by atoms with E-state index in [9.17, 15) is 14.4 Å².